The van der Waals surface area contributed by atoms with Crippen LogP contribution >= 0.6 is 0 Å². The molecule has 2 aromatic carbocycles. The van der Waals surface area contributed by atoms with E-state index in [-0.39, 0.29) is 5.78 Å². The first-order valence-corrected chi connectivity index (χ1v) is 9.89. The molecule has 0 bridgehead atoms. The van der Waals surface area contributed by atoms with Crippen LogP contribution in [0.25, 0.3) is 27.8 Å². The number of hydrogen-bond acceptors (Lipinski definition) is 4. The summed E-state index contributed by atoms with van der Waals surface area (Å²) in [5, 5.41) is 4.31. The number of benzene rings is 2. The number of aromatic amines is 1. The number of nitrogens with zero attached hydrogens (tertiary/aromatic N) is 2. The molecular formula is C25H20N4O2. The Morgan fingerprint density at radius 3 is 2.81 bits per heavy atom. The molecule has 31 heavy (non-hydrogen) atoms. The lowest BCUT2D eigenvalue weighted by Crippen LogP contribution is -2.03. The van der Waals surface area contributed by atoms with Gasteiger partial charge in [-0.2, -0.15) is 0 Å². The van der Waals surface area contributed by atoms with Gasteiger partial charge in [-0.25, -0.2) is 4.98 Å². The van der Waals surface area contributed by atoms with Gasteiger partial charge in [-0.05, 0) is 60.0 Å². The molecule has 0 fully saturated rings. The van der Waals surface area contributed by atoms with E-state index in [9.17, 15) is 4.79 Å². The summed E-state index contributed by atoms with van der Waals surface area (Å²) in [4.78, 5) is 21.1. The molecule has 0 amide bonds. The summed E-state index contributed by atoms with van der Waals surface area (Å²) in [6.45, 7) is 0. The maximum atomic E-state index is 13.2. The van der Waals surface area contributed by atoms with E-state index in [1.165, 1.54) is 6.08 Å². The van der Waals surface area contributed by atoms with Gasteiger partial charge in [0.2, 0.25) is 5.78 Å². The molecule has 3 heterocycles. The highest BCUT2D eigenvalue weighted by Crippen LogP contribution is 2.27. The van der Waals surface area contributed by atoms with Crippen molar-refractivity contribution in [3.05, 3.63) is 97.1 Å². The van der Waals surface area contributed by atoms with Crippen LogP contribution in [0.2, 0.25) is 0 Å². The fourth-order valence-corrected chi connectivity index (χ4v) is 3.61. The summed E-state index contributed by atoms with van der Waals surface area (Å²) in [6.07, 6.45) is 6.94. The Balaban J connectivity index is 1.47. The number of carbonyl (C=O) groups is 1. The quantitative estimate of drug-likeness (QED) is 0.295. The summed E-state index contributed by atoms with van der Waals surface area (Å²) < 4.78 is 7.06. The molecule has 5 aromatic rings. The molecule has 152 valence electrons. The maximum absolute atomic E-state index is 13.2. The normalized spacial score (nSPS) is 11.4. The number of nitrogens with one attached hydrogen (secondary N) is 2. The third-order valence-electron chi connectivity index (χ3n) is 5.17. The van der Waals surface area contributed by atoms with Crippen LogP contribution in [0, 0.1) is 0 Å². The first-order chi connectivity index (χ1) is 15.2. The lowest BCUT2D eigenvalue weighted by atomic mass is 10.1. The highest BCUT2D eigenvalue weighted by molar-refractivity contribution is 6.08. The first kappa shape index (κ1) is 18.7. The fraction of sp³-hybridized carbons (Fsp3) is 0.0400. The average molecular weight is 408 g/mol. The van der Waals surface area contributed by atoms with Crippen molar-refractivity contribution in [1.29, 1.82) is 0 Å². The lowest BCUT2D eigenvalue weighted by Gasteiger charge is -2.04. The zero-order valence-corrected chi connectivity index (χ0v) is 16.9. The molecule has 3 aromatic heterocycles. The molecule has 0 aliphatic heterocycles. The molecule has 6 nitrogen and oxygen atoms in total. The van der Waals surface area contributed by atoms with E-state index in [4.69, 9.17) is 9.72 Å². The number of ether oxygens (including phenoxy) is 1. The van der Waals surface area contributed by atoms with Crippen LogP contribution in [-0.4, -0.2) is 27.3 Å². The number of imidazole rings is 1. The maximum Gasteiger partial charge on any atom is 0.206 e. The van der Waals surface area contributed by atoms with Gasteiger partial charge in [0.05, 0.1) is 7.11 Å². The molecular weight excluding hydrogens is 388 g/mol. The van der Waals surface area contributed by atoms with Crippen LogP contribution in [-0.2, 0) is 0 Å². The highest BCUT2D eigenvalue weighted by Gasteiger charge is 2.18. The summed E-state index contributed by atoms with van der Waals surface area (Å²) in [7, 11) is 1.63. The van der Waals surface area contributed by atoms with Gasteiger partial charge in [0.1, 0.15) is 22.8 Å². The molecule has 0 unspecified atom stereocenters. The number of carbonyl (C=O) groups excluding carboxylic acids is 1. The minimum atomic E-state index is -0.141. The number of allylic oxidation sites excluding steroid dienone is 1. The van der Waals surface area contributed by atoms with Crippen molar-refractivity contribution in [2.45, 2.75) is 0 Å². The molecule has 0 aliphatic rings. The number of rotatable bonds is 6. The van der Waals surface area contributed by atoms with Crippen molar-refractivity contribution in [3.63, 3.8) is 0 Å². The van der Waals surface area contributed by atoms with Crippen molar-refractivity contribution >= 4 is 28.0 Å². The predicted molar refractivity (Wildman–Crippen MR) is 123 cm³/mol. The van der Waals surface area contributed by atoms with E-state index >= 15 is 0 Å². The summed E-state index contributed by atoms with van der Waals surface area (Å²) in [5.74, 6) is 0.612. The zero-order chi connectivity index (χ0) is 21.2. The number of ketones is 1. The summed E-state index contributed by atoms with van der Waals surface area (Å²) in [5.41, 5.74) is 4.65. The molecule has 2 N–H and O–H groups in total. The second-order valence-corrected chi connectivity index (χ2v) is 7.09. The van der Waals surface area contributed by atoms with Crippen molar-refractivity contribution in [1.82, 2.24) is 14.4 Å². The first-order valence-electron chi connectivity index (χ1n) is 9.89. The minimum Gasteiger partial charge on any atom is -0.497 e. The third-order valence-corrected chi connectivity index (χ3v) is 5.17. The van der Waals surface area contributed by atoms with E-state index < -0.39 is 0 Å². The van der Waals surface area contributed by atoms with Gasteiger partial charge in [0, 0.05) is 41.4 Å². The van der Waals surface area contributed by atoms with Crippen LogP contribution in [0.1, 0.15) is 10.5 Å². The zero-order valence-electron chi connectivity index (χ0n) is 16.9. The second kappa shape index (κ2) is 7.84. The topological polar surface area (TPSA) is 71.4 Å². The molecule has 5 rings (SSSR count). The Labute approximate surface area is 178 Å². The second-order valence-electron chi connectivity index (χ2n) is 7.09. The molecule has 0 atom stereocenters. The van der Waals surface area contributed by atoms with Crippen molar-refractivity contribution in [2.75, 3.05) is 12.4 Å². The fourth-order valence-electron chi connectivity index (χ4n) is 3.61. The van der Waals surface area contributed by atoms with Crippen LogP contribution in [0.5, 0.6) is 5.75 Å². The lowest BCUT2D eigenvalue weighted by molar-refractivity contribution is 0.104. The van der Waals surface area contributed by atoms with E-state index in [0.717, 1.165) is 33.6 Å². The SMILES string of the molecule is COc1ccc(-c2nc3ccccn3c2C(=O)/C=C\Nc2ccc3cc[nH]c3c2)cc1. The van der Waals surface area contributed by atoms with E-state index in [1.54, 1.807) is 13.3 Å². The monoisotopic (exact) mass is 408 g/mol. The standard InChI is InChI=1S/C25H20N4O2/c1-31-20-9-6-18(7-10-20)24-25(29-15-3-2-4-23(29)28-24)22(30)12-14-26-19-8-5-17-11-13-27-21(17)16-19/h2-16,26-27H,1H3/b14-12-. The van der Waals surface area contributed by atoms with Crippen LogP contribution in [0.4, 0.5) is 5.69 Å². The average Bonchev–Trinajstić information content (AvgIpc) is 3.43. The number of H-pyrrole nitrogens is 1. The molecule has 0 aliphatic carbocycles. The van der Waals surface area contributed by atoms with Gasteiger partial charge in [-0.1, -0.05) is 12.1 Å². The molecule has 0 spiro atoms. The third kappa shape index (κ3) is 3.55. The Morgan fingerprint density at radius 2 is 1.97 bits per heavy atom. The Kier molecular flexibility index (Phi) is 4.72. The Morgan fingerprint density at radius 1 is 1.10 bits per heavy atom. The van der Waals surface area contributed by atoms with Crippen molar-refractivity contribution < 1.29 is 9.53 Å². The van der Waals surface area contributed by atoms with Gasteiger partial charge >= 0.3 is 0 Å². The number of aromatic nitrogens is 3. The number of pyridine rings is 1. The van der Waals surface area contributed by atoms with Crippen LogP contribution in [0.3, 0.4) is 0 Å². The van der Waals surface area contributed by atoms with Gasteiger partial charge in [0.25, 0.3) is 0 Å². The van der Waals surface area contributed by atoms with Gasteiger partial charge in [-0.15, -0.1) is 0 Å². The number of hydrogen-bond donors (Lipinski definition) is 2. The number of fused-ring (bicyclic) bond motifs is 2. The Bertz CT molecular complexity index is 1410. The van der Waals surface area contributed by atoms with Crippen molar-refractivity contribution in [2.24, 2.45) is 0 Å². The van der Waals surface area contributed by atoms with Gasteiger partial charge < -0.3 is 15.0 Å². The molecule has 0 saturated carbocycles. The van der Waals surface area contributed by atoms with E-state index in [0.29, 0.717) is 11.4 Å². The smallest absolute Gasteiger partial charge is 0.206 e. The number of anilines is 1. The largest absolute Gasteiger partial charge is 0.497 e. The van der Waals surface area contributed by atoms with Crippen LogP contribution in [0.15, 0.2) is 91.4 Å². The minimum absolute atomic E-state index is 0.141. The highest BCUT2D eigenvalue weighted by atomic mass is 16.5. The van der Waals surface area contributed by atoms with Crippen LogP contribution < -0.4 is 10.1 Å². The van der Waals surface area contributed by atoms with Crippen molar-refractivity contribution in [3.8, 4) is 17.0 Å². The number of methoxy groups -OCH3 is 1. The van der Waals surface area contributed by atoms with E-state index in [2.05, 4.69) is 10.3 Å². The Hall–Kier alpha value is -4.32. The molecule has 6 heteroatoms. The summed E-state index contributed by atoms with van der Waals surface area (Å²) in [6, 6.07) is 21.2. The predicted octanol–water partition coefficient (Wildman–Crippen LogP) is 5.30. The van der Waals surface area contributed by atoms with E-state index in [1.807, 2.05) is 83.5 Å². The molecule has 0 radical (unpaired) electrons. The van der Waals surface area contributed by atoms with Gasteiger partial charge in [-0.3, -0.25) is 9.20 Å². The summed E-state index contributed by atoms with van der Waals surface area (Å²) >= 11 is 0. The molecule has 0 saturated heterocycles. The van der Waals surface area contributed by atoms with Gasteiger partial charge in [0.15, 0.2) is 0 Å².